The molecule has 0 fully saturated rings. The highest BCUT2D eigenvalue weighted by Gasteiger charge is 2.10. The minimum Gasteiger partial charge on any atom is -0.372 e. The van der Waals surface area contributed by atoms with Crippen LogP contribution in [0.3, 0.4) is 0 Å². The van der Waals surface area contributed by atoms with Crippen molar-refractivity contribution >= 4 is 70.2 Å². The Morgan fingerprint density at radius 1 is 0.707 bits per heavy atom. The molecule has 0 bridgehead atoms. The Morgan fingerprint density at radius 2 is 1.46 bits per heavy atom. The molecular formula is C33H38N6S2. The molecule has 2 heterocycles. The van der Waals surface area contributed by atoms with Gasteiger partial charge in [0, 0.05) is 24.2 Å². The van der Waals surface area contributed by atoms with Crippen molar-refractivity contribution < 1.29 is 0 Å². The lowest BCUT2D eigenvalue weighted by molar-refractivity contribution is 0.608. The summed E-state index contributed by atoms with van der Waals surface area (Å²) >= 11 is 3.05. The quantitative estimate of drug-likeness (QED) is 0.0965. The lowest BCUT2D eigenvalue weighted by atomic mass is 9.98. The van der Waals surface area contributed by atoms with Gasteiger partial charge in [-0.1, -0.05) is 92.0 Å². The number of thiophene rings is 1. The van der Waals surface area contributed by atoms with Gasteiger partial charge >= 0.3 is 0 Å². The standard InChI is InChI=1S/C33H38N6S2/c1-4-7-8-9-10-11-14-24-17-22-29(28-16-13-12-15-27(24)28)36-37-31-23-30-32(41-31)34-33(40-30)38-35-25-18-20-26(21-19-25)39(5-2)6-3/h12-13,15-23H,4-11,14H2,1-3H3. The number of benzene rings is 3. The minimum atomic E-state index is 0.648. The fraction of sp³-hybridized carbons (Fsp3) is 0.364. The fourth-order valence-corrected chi connectivity index (χ4v) is 6.92. The molecule has 0 aliphatic rings. The molecule has 0 aliphatic carbocycles. The Balaban J connectivity index is 1.24. The van der Waals surface area contributed by atoms with Crippen molar-refractivity contribution in [3.8, 4) is 0 Å². The summed E-state index contributed by atoms with van der Waals surface area (Å²) < 4.78 is 1.05. The zero-order valence-electron chi connectivity index (χ0n) is 24.2. The van der Waals surface area contributed by atoms with E-state index in [4.69, 9.17) is 0 Å². The summed E-state index contributed by atoms with van der Waals surface area (Å²) in [5.41, 5.74) is 4.32. The van der Waals surface area contributed by atoms with E-state index in [9.17, 15) is 0 Å². The van der Waals surface area contributed by atoms with Gasteiger partial charge in [0.2, 0.25) is 5.13 Å². The topological polar surface area (TPSA) is 65.6 Å². The van der Waals surface area contributed by atoms with E-state index in [1.54, 1.807) is 0 Å². The Morgan fingerprint density at radius 3 is 2.22 bits per heavy atom. The van der Waals surface area contributed by atoms with Crippen LogP contribution in [0.25, 0.3) is 20.3 Å². The number of fused-ring (bicyclic) bond motifs is 2. The van der Waals surface area contributed by atoms with E-state index in [2.05, 4.69) is 99.6 Å². The number of hydrogen-bond acceptors (Lipinski definition) is 8. The zero-order valence-corrected chi connectivity index (χ0v) is 25.8. The SMILES string of the molecule is CCCCCCCCc1ccc(N=Nc2cc3sc(N=Nc4ccc(N(CC)CC)cc4)nc3s2)c2ccccc12. The van der Waals surface area contributed by atoms with Crippen LogP contribution < -0.4 is 4.90 Å². The van der Waals surface area contributed by atoms with Crippen molar-refractivity contribution in [1.82, 2.24) is 4.98 Å². The van der Waals surface area contributed by atoms with Gasteiger partial charge in [-0.3, -0.25) is 0 Å². The number of nitrogens with zero attached hydrogens (tertiary/aromatic N) is 6. The second-order valence-corrected chi connectivity index (χ2v) is 12.2. The average Bonchev–Trinajstić information content (AvgIpc) is 3.57. The number of azo groups is 2. The van der Waals surface area contributed by atoms with E-state index in [1.165, 1.54) is 77.8 Å². The largest absolute Gasteiger partial charge is 0.372 e. The summed E-state index contributed by atoms with van der Waals surface area (Å²) in [6.07, 6.45) is 8.97. The van der Waals surface area contributed by atoms with Gasteiger partial charge in [-0.2, -0.15) is 0 Å². The number of unbranched alkanes of at least 4 members (excludes halogenated alkanes) is 5. The van der Waals surface area contributed by atoms with E-state index < -0.39 is 0 Å². The van der Waals surface area contributed by atoms with E-state index in [0.29, 0.717) is 5.13 Å². The number of anilines is 1. The van der Waals surface area contributed by atoms with Crippen molar-refractivity contribution in [3.05, 3.63) is 72.3 Å². The fourth-order valence-electron chi connectivity index (χ4n) is 5.07. The van der Waals surface area contributed by atoms with Gasteiger partial charge in [0.15, 0.2) is 0 Å². The third-order valence-electron chi connectivity index (χ3n) is 7.34. The van der Waals surface area contributed by atoms with Crippen LogP contribution in [0.2, 0.25) is 0 Å². The summed E-state index contributed by atoms with van der Waals surface area (Å²) in [7, 11) is 0. The van der Waals surface area contributed by atoms with Gasteiger partial charge in [0.05, 0.1) is 16.1 Å². The normalized spacial score (nSPS) is 12.0. The van der Waals surface area contributed by atoms with Gasteiger partial charge < -0.3 is 4.90 Å². The Labute approximate surface area is 250 Å². The number of thiazole rings is 1. The predicted molar refractivity (Wildman–Crippen MR) is 177 cm³/mol. The van der Waals surface area contributed by atoms with Crippen LogP contribution in [0.4, 0.5) is 27.2 Å². The first-order valence-electron chi connectivity index (χ1n) is 14.8. The van der Waals surface area contributed by atoms with Crippen molar-refractivity contribution in [3.63, 3.8) is 0 Å². The van der Waals surface area contributed by atoms with Gasteiger partial charge in [-0.25, -0.2) is 4.98 Å². The molecule has 0 amide bonds. The molecule has 8 heteroatoms. The van der Waals surface area contributed by atoms with Crippen LogP contribution in [0.1, 0.15) is 64.9 Å². The average molecular weight is 583 g/mol. The molecule has 0 radical (unpaired) electrons. The number of rotatable bonds is 14. The number of aryl methyl sites for hydroxylation is 1. The zero-order chi connectivity index (χ0) is 28.4. The van der Waals surface area contributed by atoms with Crippen molar-refractivity contribution in [2.75, 3.05) is 18.0 Å². The van der Waals surface area contributed by atoms with E-state index in [1.807, 2.05) is 18.2 Å². The van der Waals surface area contributed by atoms with Gasteiger partial charge in [0.1, 0.15) is 9.83 Å². The van der Waals surface area contributed by atoms with Crippen LogP contribution in [0.5, 0.6) is 0 Å². The number of aromatic nitrogens is 1. The van der Waals surface area contributed by atoms with Crippen LogP contribution >= 0.6 is 22.7 Å². The highest BCUT2D eigenvalue weighted by atomic mass is 32.1. The first-order valence-corrected chi connectivity index (χ1v) is 16.4. The molecule has 0 N–H and O–H groups in total. The molecule has 0 saturated carbocycles. The second kappa shape index (κ2) is 14.4. The molecule has 212 valence electrons. The molecule has 2 aromatic heterocycles. The van der Waals surface area contributed by atoms with Crippen molar-refractivity contribution in [2.24, 2.45) is 20.5 Å². The summed E-state index contributed by atoms with van der Waals surface area (Å²) in [6, 6.07) is 23.1. The van der Waals surface area contributed by atoms with Crippen LogP contribution in [0, 0.1) is 0 Å². The molecular weight excluding hydrogens is 545 g/mol. The van der Waals surface area contributed by atoms with E-state index in [-0.39, 0.29) is 0 Å². The van der Waals surface area contributed by atoms with Crippen molar-refractivity contribution in [2.45, 2.75) is 65.7 Å². The maximum atomic E-state index is 4.66. The van der Waals surface area contributed by atoms with Crippen LogP contribution in [-0.4, -0.2) is 18.1 Å². The maximum Gasteiger partial charge on any atom is 0.231 e. The highest BCUT2D eigenvalue weighted by molar-refractivity contribution is 7.30. The molecule has 5 aromatic rings. The minimum absolute atomic E-state index is 0.648. The van der Waals surface area contributed by atoms with Crippen molar-refractivity contribution in [1.29, 1.82) is 0 Å². The molecule has 0 aliphatic heterocycles. The second-order valence-electron chi connectivity index (χ2n) is 10.1. The molecule has 0 spiro atoms. The molecule has 5 rings (SSSR count). The Hall–Kier alpha value is -3.49. The number of hydrogen-bond donors (Lipinski definition) is 0. The first-order chi connectivity index (χ1) is 20.2. The molecule has 0 saturated heterocycles. The van der Waals surface area contributed by atoms with E-state index >= 15 is 0 Å². The lowest BCUT2D eigenvalue weighted by Crippen LogP contribution is -2.21. The van der Waals surface area contributed by atoms with Crippen LogP contribution in [-0.2, 0) is 6.42 Å². The lowest BCUT2D eigenvalue weighted by Gasteiger charge is -2.20. The molecule has 6 nitrogen and oxygen atoms in total. The monoisotopic (exact) mass is 582 g/mol. The molecule has 0 unspecified atom stereocenters. The van der Waals surface area contributed by atoms with Gasteiger partial charge in [0.25, 0.3) is 0 Å². The van der Waals surface area contributed by atoms with Crippen LogP contribution in [0.15, 0.2) is 87.2 Å². The summed E-state index contributed by atoms with van der Waals surface area (Å²) in [5, 5.41) is 21.9. The molecule has 41 heavy (non-hydrogen) atoms. The highest BCUT2D eigenvalue weighted by Crippen LogP contribution is 2.40. The smallest absolute Gasteiger partial charge is 0.231 e. The summed E-state index contributed by atoms with van der Waals surface area (Å²) in [4.78, 5) is 7.87. The van der Waals surface area contributed by atoms with Gasteiger partial charge in [-0.15, -0.1) is 20.5 Å². The predicted octanol–water partition coefficient (Wildman–Crippen LogP) is 12.1. The Bertz CT molecular complexity index is 1580. The third kappa shape index (κ3) is 7.43. The maximum absolute atomic E-state index is 4.66. The summed E-state index contributed by atoms with van der Waals surface area (Å²) in [5.74, 6) is 0. The third-order valence-corrected chi connectivity index (χ3v) is 9.27. The van der Waals surface area contributed by atoms with E-state index in [0.717, 1.165) is 50.8 Å². The Kier molecular flexibility index (Phi) is 10.2. The van der Waals surface area contributed by atoms with Gasteiger partial charge in [-0.05, 0) is 74.0 Å². The molecule has 3 aromatic carbocycles. The first kappa shape index (κ1) is 29.0. The summed E-state index contributed by atoms with van der Waals surface area (Å²) in [6.45, 7) is 8.55. The molecule has 0 atom stereocenters.